The van der Waals surface area contributed by atoms with Gasteiger partial charge in [0.25, 0.3) is 0 Å². The van der Waals surface area contributed by atoms with Crippen molar-refractivity contribution >= 4 is 11.8 Å². The number of rotatable bonds is 17. The van der Waals surface area contributed by atoms with Crippen molar-refractivity contribution in [3.63, 3.8) is 0 Å². The van der Waals surface area contributed by atoms with Gasteiger partial charge in [-0.3, -0.25) is 9.59 Å². The van der Waals surface area contributed by atoms with Crippen LogP contribution in [0.25, 0.3) is 0 Å². The second-order valence-electron chi connectivity index (χ2n) is 12.2. The second kappa shape index (κ2) is 17.0. The van der Waals surface area contributed by atoms with Crippen LogP contribution in [0.4, 0.5) is 0 Å². The molecule has 0 radical (unpaired) electrons. The summed E-state index contributed by atoms with van der Waals surface area (Å²) in [7, 11) is 2.14. The molecule has 1 N–H and O–H groups in total. The summed E-state index contributed by atoms with van der Waals surface area (Å²) in [5, 5.41) is 3.59. The minimum Gasteiger partial charge on any atom is -0.494 e. The lowest BCUT2D eigenvalue weighted by molar-refractivity contribution is -0.162. The van der Waals surface area contributed by atoms with Crippen molar-refractivity contribution in [3.8, 4) is 5.75 Å². The van der Waals surface area contributed by atoms with Crippen molar-refractivity contribution in [3.05, 3.63) is 102 Å². The zero-order chi connectivity index (χ0) is 31.3. The number of hydrogen-bond donors (Lipinski definition) is 1. The summed E-state index contributed by atoms with van der Waals surface area (Å²) in [6, 6.07) is 28.7. The predicted octanol–water partition coefficient (Wildman–Crippen LogP) is 5.39. The molecule has 0 spiro atoms. The fourth-order valence-corrected chi connectivity index (χ4v) is 6.02. The van der Waals surface area contributed by atoms with Gasteiger partial charge in [-0.15, -0.1) is 0 Å². The molecule has 0 aromatic heterocycles. The molecule has 1 saturated heterocycles. The molecule has 3 aromatic carbocycles. The van der Waals surface area contributed by atoms with Gasteiger partial charge in [0.2, 0.25) is 0 Å². The average molecular weight is 599 g/mol. The van der Waals surface area contributed by atoms with Gasteiger partial charge in [0.15, 0.2) is 0 Å². The predicted molar refractivity (Wildman–Crippen MR) is 177 cm³/mol. The molecule has 0 saturated carbocycles. The van der Waals surface area contributed by atoms with Crippen LogP contribution in [0.2, 0.25) is 0 Å². The fraction of sp³-hybridized carbons (Fsp3) is 0.459. The van der Waals surface area contributed by atoms with E-state index in [1.807, 2.05) is 65.3 Å². The molecule has 0 bridgehead atoms. The number of carbonyl (C=O) groups excluding carboxylic acids is 2. The Kier molecular flexibility index (Phi) is 12.8. The molecule has 1 heterocycles. The van der Waals surface area contributed by atoms with E-state index in [0.29, 0.717) is 32.7 Å². The molecular formula is C37H50N4O3. The van der Waals surface area contributed by atoms with E-state index in [1.54, 1.807) is 0 Å². The van der Waals surface area contributed by atoms with Gasteiger partial charge < -0.3 is 24.8 Å². The van der Waals surface area contributed by atoms with Gasteiger partial charge in [-0.05, 0) is 74.5 Å². The summed E-state index contributed by atoms with van der Waals surface area (Å²) in [5.41, 5.74) is 3.62. The molecule has 7 nitrogen and oxygen atoms in total. The summed E-state index contributed by atoms with van der Waals surface area (Å²) in [5.74, 6) is 0.312. The van der Waals surface area contributed by atoms with Gasteiger partial charge in [0.1, 0.15) is 5.75 Å². The van der Waals surface area contributed by atoms with E-state index in [2.05, 4.69) is 67.5 Å². The Morgan fingerprint density at radius 2 is 1.55 bits per heavy atom. The van der Waals surface area contributed by atoms with E-state index < -0.39 is 0 Å². The van der Waals surface area contributed by atoms with E-state index in [4.69, 9.17) is 4.74 Å². The van der Waals surface area contributed by atoms with Crippen LogP contribution in [-0.4, -0.2) is 78.4 Å². The summed E-state index contributed by atoms with van der Waals surface area (Å²) in [6.07, 6.45) is 2.47. The van der Waals surface area contributed by atoms with Crippen molar-refractivity contribution in [1.82, 2.24) is 20.0 Å². The van der Waals surface area contributed by atoms with Crippen LogP contribution in [0.15, 0.2) is 84.9 Å². The van der Waals surface area contributed by atoms with Crippen molar-refractivity contribution in [1.29, 1.82) is 0 Å². The molecule has 4 rings (SSSR count). The average Bonchev–Trinajstić information content (AvgIpc) is 3.03. The van der Waals surface area contributed by atoms with Gasteiger partial charge in [-0.25, -0.2) is 0 Å². The number of nitrogens with one attached hydrogen (secondary N) is 1. The molecule has 0 aliphatic carbocycles. The lowest BCUT2D eigenvalue weighted by atomic mass is 9.96. The first-order valence-electron chi connectivity index (χ1n) is 16.2. The van der Waals surface area contributed by atoms with Crippen LogP contribution in [0, 0.1) is 5.92 Å². The number of amides is 2. The first-order valence-corrected chi connectivity index (χ1v) is 16.2. The number of carbonyl (C=O) groups is 2. The molecule has 1 aliphatic heterocycles. The molecule has 236 valence electrons. The Balaban J connectivity index is 1.41. The van der Waals surface area contributed by atoms with Crippen LogP contribution >= 0.6 is 0 Å². The van der Waals surface area contributed by atoms with Crippen molar-refractivity contribution in [2.75, 3.05) is 39.8 Å². The van der Waals surface area contributed by atoms with Crippen LogP contribution in [0.5, 0.6) is 5.75 Å². The topological polar surface area (TPSA) is 65.1 Å². The van der Waals surface area contributed by atoms with Crippen LogP contribution in [-0.2, 0) is 29.1 Å². The molecule has 2 atom stereocenters. The molecule has 3 aromatic rings. The third-order valence-electron chi connectivity index (χ3n) is 8.50. The third kappa shape index (κ3) is 9.66. The molecule has 44 heavy (non-hydrogen) atoms. The Morgan fingerprint density at radius 3 is 2.18 bits per heavy atom. The van der Waals surface area contributed by atoms with Crippen molar-refractivity contribution in [2.45, 2.75) is 65.2 Å². The number of ether oxygens (including phenoxy) is 1. The maximum atomic E-state index is 13.7. The second-order valence-corrected chi connectivity index (χ2v) is 12.2. The van der Waals surface area contributed by atoms with Crippen molar-refractivity contribution in [2.24, 2.45) is 5.92 Å². The van der Waals surface area contributed by atoms with E-state index in [-0.39, 0.29) is 29.8 Å². The maximum Gasteiger partial charge on any atom is 0.312 e. The summed E-state index contributed by atoms with van der Waals surface area (Å²) in [6.45, 7) is 11.2. The molecule has 1 fully saturated rings. The minimum absolute atomic E-state index is 0.0275. The Morgan fingerprint density at radius 1 is 0.886 bits per heavy atom. The Labute approximate surface area is 264 Å². The van der Waals surface area contributed by atoms with Crippen LogP contribution < -0.4 is 10.1 Å². The first-order chi connectivity index (χ1) is 21.4. The smallest absolute Gasteiger partial charge is 0.312 e. The SMILES string of the molecule is CCOc1ccc(CCN2C(=O)C(=O)N(C(CCCN(C)Cc3ccccc3)CNCc3ccccc3)CC2C(C)C)cc1. The highest BCUT2D eigenvalue weighted by molar-refractivity contribution is 6.35. The van der Waals surface area contributed by atoms with Gasteiger partial charge >= 0.3 is 11.8 Å². The molecule has 7 heteroatoms. The molecule has 2 unspecified atom stereocenters. The standard InChI is InChI=1S/C37H50N4O3/c1-5-44-34-20-18-30(19-21-34)22-24-40-35(29(2)3)28-41(37(43)36(40)42)33(26-38-25-31-13-8-6-9-14-31)17-12-23-39(4)27-32-15-10-7-11-16-32/h6-11,13-16,18-21,29,33,35,38H,5,12,17,22-28H2,1-4H3. The van der Waals surface area contributed by atoms with Crippen LogP contribution in [0.1, 0.15) is 50.3 Å². The lowest BCUT2D eigenvalue weighted by Gasteiger charge is -2.45. The van der Waals surface area contributed by atoms with Gasteiger partial charge in [0, 0.05) is 38.8 Å². The monoisotopic (exact) mass is 598 g/mol. The van der Waals surface area contributed by atoms with E-state index in [1.165, 1.54) is 11.1 Å². The van der Waals surface area contributed by atoms with Crippen molar-refractivity contribution < 1.29 is 14.3 Å². The summed E-state index contributed by atoms with van der Waals surface area (Å²) < 4.78 is 5.57. The Hall–Kier alpha value is -3.68. The van der Waals surface area contributed by atoms with Gasteiger partial charge in [0.05, 0.1) is 12.6 Å². The highest BCUT2D eigenvalue weighted by atomic mass is 16.5. The maximum absolute atomic E-state index is 13.7. The summed E-state index contributed by atoms with van der Waals surface area (Å²) >= 11 is 0. The molecular weight excluding hydrogens is 548 g/mol. The lowest BCUT2D eigenvalue weighted by Crippen LogP contribution is -2.64. The van der Waals surface area contributed by atoms with E-state index >= 15 is 0 Å². The minimum atomic E-state index is -0.379. The first kappa shape index (κ1) is 33.2. The largest absolute Gasteiger partial charge is 0.494 e. The third-order valence-corrected chi connectivity index (χ3v) is 8.50. The number of piperazine rings is 1. The van der Waals surface area contributed by atoms with Crippen LogP contribution in [0.3, 0.4) is 0 Å². The summed E-state index contributed by atoms with van der Waals surface area (Å²) in [4.78, 5) is 33.4. The van der Waals surface area contributed by atoms with Gasteiger partial charge in [-0.2, -0.15) is 0 Å². The number of benzene rings is 3. The van der Waals surface area contributed by atoms with E-state index in [0.717, 1.165) is 43.8 Å². The zero-order valence-corrected chi connectivity index (χ0v) is 27.0. The van der Waals surface area contributed by atoms with E-state index in [9.17, 15) is 9.59 Å². The molecule has 2 amide bonds. The van der Waals surface area contributed by atoms with Gasteiger partial charge in [-0.1, -0.05) is 86.6 Å². The Bertz CT molecular complexity index is 1280. The molecule has 1 aliphatic rings. The highest BCUT2D eigenvalue weighted by Gasteiger charge is 2.42. The highest BCUT2D eigenvalue weighted by Crippen LogP contribution is 2.24. The zero-order valence-electron chi connectivity index (χ0n) is 27.0. The normalized spacial score (nSPS) is 16.2. The fourth-order valence-electron chi connectivity index (χ4n) is 6.02. The number of hydrogen-bond acceptors (Lipinski definition) is 5. The number of nitrogens with zero attached hydrogens (tertiary/aromatic N) is 3. The quantitative estimate of drug-likeness (QED) is 0.211.